The molecule has 0 aliphatic heterocycles. The van der Waals surface area contributed by atoms with Crippen LogP contribution in [0.15, 0.2) is 18.0 Å². The van der Waals surface area contributed by atoms with Gasteiger partial charge in [0, 0.05) is 37.5 Å². The Hall–Kier alpha value is -1.58. The summed E-state index contributed by atoms with van der Waals surface area (Å²) in [4.78, 5) is 14.6. The highest BCUT2D eigenvalue weighted by Gasteiger charge is 2.38. The van der Waals surface area contributed by atoms with Crippen LogP contribution in [0.25, 0.3) is 0 Å². The van der Waals surface area contributed by atoms with Crippen molar-refractivity contribution in [1.29, 1.82) is 0 Å². The van der Waals surface area contributed by atoms with Gasteiger partial charge in [0.15, 0.2) is 0 Å². The Morgan fingerprint density at radius 2 is 2.05 bits per heavy atom. The fourth-order valence-electron chi connectivity index (χ4n) is 2.70. The van der Waals surface area contributed by atoms with Crippen molar-refractivity contribution in [3.8, 4) is 0 Å². The van der Waals surface area contributed by atoms with Gasteiger partial charge in [-0.2, -0.15) is 5.10 Å². The maximum Gasteiger partial charge on any atom is 0.208 e. The molecular formula is C15H23N3O. The van der Waals surface area contributed by atoms with Crippen LogP contribution in [-0.2, 0) is 5.41 Å². The first kappa shape index (κ1) is 13.8. The molecule has 104 valence electrons. The second kappa shape index (κ2) is 4.51. The number of nitrogens with zero attached hydrogens (tertiary/aromatic N) is 3. The second-order valence-corrected chi connectivity index (χ2v) is 6.45. The fraction of sp³-hybridized carbons (Fsp3) is 0.600. The topological polar surface area (TPSA) is 38.1 Å². The van der Waals surface area contributed by atoms with E-state index in [0.717, 1.165) is 23.3 Å². The van der Waals surface area contributed by atoms with E-state index in [1.54, 1.807) is 0 Å². The number of fused-ring (bicyclic) bond motifs is 1. The molecule has 0 N–H and O–H groups in total. The van der Waals surface area contributed by atoms with Crippen LogP contribution in [0.5, 0.6) is 0 Å². The number of hydrogen-bond acceptors (Lipinski definition) is 3. The van der Waals surface area contributed by atoms with E-state index in [1.165, 1.54) is 0 Å². The maximum absolute atomic E-state index is 12.7. The van der Waals surface area contributed by atoms with Crippen LogP contribution in [0.1, 0.15) is 56.2 Å². The minimum Gasteiger partial charge on any atom is -0.383 e. The average molecular weight is 261 g/mol. The summed E-state index contributed by atoms with van der Waals surface area (Å²) in [6, 6.07) is 0.196. The second-order valence-electron chi connectivity index (χ2n) is 6.45. The molecule has 0 atom stereocenters. The van der Waals surface area contributed by atoms with E-state index in [2.05, 4.69) is 32.8 Å². The summed E-state index contributed by atoms with van der Waals surface area (Å²) in [7, 11) is 3.89. The third-order valence-electron chi connectivity index (χ3n) is 3.57. The zero-order valence-electron chi connectivity index (χ0n) is 12.7. The summed E-state index contributed by atoms with van der Waals surface area (Å²) < 4.78 is 1.85. The number of rotatable bonds is 2. The Labute approximate surface area is 115 Å². The lowest BCUT2D eigenvalue weighted by Gasteiger charge is -2.31. The smallest absolute Gasteiger partial charge is 0.208 e. The van der Waals surface area contributed by atoms with Gasteiger partial charge in [0.1, 0.15) is 5.69 Å². The van der Waals surface area contributed by atoms with Crippen LogP contribution in [0.3, 0.4) is 0 Å². The van der Waals surface area contributed by atoms with Crippen molar-refractivity contribution in [2.24, 2.45) is 0 Å². The summed E-state index contributed by atoms with van der Waals surface area (Å²) in [5.41, 5.74) is 2.66. The van der Waals surface area contributed by atoms with Crippen LogP contribution in [0.4, 0.5) is 0 Å². The van der Waals surface area contributed by atoms with Gasteiger partial charge in [-0.15, -0.1) is 0 Å². The lowest BCUT2D eigenvalue weighted by molar-refractivity contribution is 0.0997. The van der Waals surface area contributed by atoms with E-state index in [1.807, 2.05) is 36.1 Å². The van der Waals surface area contributed by atoms with Gasteiger partial charge in [-0.1, -0.05) is 13.8 Å². The largest absolute Gasteiger partial charge is 0.383 e. The van der Waals surface area contributed by atoms with Gasteiger partial charge in [0.25, 0.3) is 0 Å². The van der Waals surface area contributed by atoms with Crippen LogP contribution < -0.4 is 0 Å². The zero-order valence-corrected chi connectivity index (χ0v) is 12.7. The highest BCUT2D eigenvalue weighted by molar-refractivity contribution is 6.10. The molecule has 0 fully saturated rings. The predicted molar refractivity (Wildman–Crippen MR) is 76.4 cm³/mol. The van der Waals surface area contributed by atoms with Crippen molar-refractivity contribution in [1.82, 2.24) is 14.7 Å². The third-order valence-corrected chi connectivity index (χ3v) is 3.57. The number of carbonyl (C=O) groups is 1. The number of ketones is 1. The van der Waals surface area contributed by atoms with Crippen LogP contribution in [-0.4, -0.2) is 34.6 Å². The first-order valence-electron chi connectivity index (χ1n) is 6.74. The molecule has 4 nitrogen and oxygen atoms in total. The molecule has 4 heteroatoms. The molecule has 2 rings (SSSR count). The zero-order chi connectivity index (χ0) is 14.4. The molecule has 0 radical (unpaired) electrons. The number of hydrogen-bond donors (Lipinski definition) is 0. The molecule has 0 unspecified atom stereocenters. The van der Waals surface area contributed by atoms with Gasteiger partial charge in [0.05, 0.1) is 6.20 Å². The Kier molecular flexibility index (Phi) is 3.29. The van der Waals surface area contributed by atoms with E-state index in [9.17, 15) is 4.79 Å². The number of Topliss-reactive ketones (excluding diaryl/α,β-unsaturated/α-hetero) is 1. The number of aromatic nitrogens is 2. The van der Waals surface area contributed by atoms with Gasteiger partial charge in [-0.3, -0.25) is 9.48 Å². The normalized spacial score (nSPS) is 19.9. The van der Waals surface area contributed by atoms with Gasteiger partial charge < -0.3 is 4.90 Å². The fourth-order valence-corrected chi connectivity index (χ4v) is 2.70. The van der Waals surface area contributed by atoms with Crippen molar-refractivity contribution in [3.63, 3.8) is 0 Å². The molecule has 0 bridgehead atoms. The Morgan fingerprint density at radius 1 is 1.42 bits per heavy atom. The van der Waals surface area contributed by atoms with Crippen LogP contribution in [0, 0.1) is 0 Å². The summed E-state index contributed by atoms with van der Waals surface area (Å²) in [6.07, 6.45) is 4.56. The SMILES string of the molecule is CC(C)n1ncc2c1C(=O)/C(=C\N(C)C)CC2(C)C. The number of allylic oxidation sites excluding steroid dienone is 1. The lowest BCUT2D eigenvalue weighted by atomic mass is 9.73. The van der Waals surface area contributed by atoms with E-state index in [4.69, 9.17) is 0 Å². The molecule has 19 heavy (non-hydrogen) atoms. The molecule has 0 amide bonds. The molecular weight excluding hydrogens is 238 g/mol. The quantitative estimate of drug-likeness (QED) is 0.768. The van der Waals surface area contributed by atoms with E-state index in [0.29, 0.717) is 0 Å². The summed E-state index contributed by atoms with van der Waals surface area (Å²) in [5, 5.41) is 4.41. The maximum atomic E-state index is 12.7. The van der Waals surface area contributed by atoms with E-state index < -0.39 is 0 Å². The Morgan fingerprint density at radius 3 is 2.58 bits per heavy atom. The van der Waals surface area contributed by atoms with Crippen LogP contribution >= 0.6 is 0 Å². The molecule has 0 saturated carbocycles. The van der Waals surface area contributed by atoms with Gasteiger partial charge in [-0.05, 0) is 25.7 Å². The van der Waals surface area contributed by atoms with Crippen molar-refractivity contribution >= 4 is 5.78 Å². The monoisotopic (exact) mass is 261 g/mol. The first-order chi connectivity index (χ1) is 8.74. The minimum atomic E-state index is -0.0434. The summed E-state index contributed by atoms with van der Waals surface area (Å²) in [5.74, 6) is 0.120. The molecule has 1 aliphatic carbocycles. The lowest BCUT2D eigenvalue weighted by Crippen LogP contribution is -2.31. The van der Waals surface area contributed by atoms with E-state index in [-0.39, 0.29) is 17.2 Å². The van der Waals surface area contributed by atoms with Crippen LogP contribution in [0.2, 0.25) is 0 Å². The molecule has 0 spiro atoms. The van der Waals surface area contributed by atoms with E-state index >= 15 is 0 Å². The van der Waals surface area contributed by atoms with Gasteiger partial charge in [-0.25, -0.2) is 0 Å². The Balaban J connectivity index is 2.61. The third kappa shape index (κ3) is 2.31. The number of carbonyl (C=O) groups excluding carboxylic acids is 1. The molecule has 1 aromatic heterocycles. The van der Waals surface area contributed by atoms with Crippen molar-refractivity contribution in [3.05, 3.63) is 29.2 Å². The standard InChI is InChI=1S/C15H23N3O/c1-10(2)18-13-12(8-16-18)15(3,4)7-11(14(13)19)9-17(5)6/h8-10H,7H2,1-6H3/b11-9-. The molecule has 1 aliphatic rings. The summed E-state index contributed by atoms with van der Waals surface area (Å²) in [6.45, 7) is 8.46. The van der Waals surface area contributed by atoms with Gasteiger partial charge in [0.2, 0.25) is 5.78 Å². The molecule has 0 aromatic carbocycles. The Bertz CT molecular complexity index is 536. The molecule has 0 saturated heterocycles. The minimum absolute atomic E-state index is 0.0434. The van der Waals surface area contributed by atoms with Crippen molar-refractivity contribution in [2.75, 3.05) is 14.1 Å². The molecule has 1 heterocycles. The predicted octanol–water partition coefficient (Wildman–Crippen LogP) is 2.77. The van der Waals surface area contributed by atoms with Crippen molar-refractivity contribution < 1.29 is 4.79 Å². The highest BCUT2D eigenvalue weighted by atomic mass is 16.1. The average Bonchev–Trinajstić information content (AvgIpc) is 2.70. The van der Waals surface area contributed by atoms with Crippen molar-refractivity contribution in [2.45, 2.75) is 45.6 Å². The van der Waals surface area contributed by atoms with Gasteiger partial charge >= 0.3 is 0 Å². The molecule has 1 aromatic rings. The summed E-state index contributed by atoms with van der Waals surface area (Å²) >= 11 is 0. The highest BCUT2D eigenvalue weighted by Crippen LogP contribution is 2.39. The first-order valence-corrected chi connectivity index (χ1v) is 6.74.